The van der Waals surface area contributed by atoms with Crippen LogP contribution in [0.5, 0.6) is 0 Å². The van der Waals surface area contributed by atoms with Crippen LogP contribution in [-0.2, 0) is 4.79 Å². The Balaban J connectivity index is 1.95. The third-order valence-electron chi connectivity index (χ3n) is 2.58. The van der Waals surface area contributed by atoms with E-state index < -0.39 is 10.8 Å². The van der Waals surface area contributed by atoms with Gasteiger partial charge in [0.2, 0.25) is 5.91 Å². The molecule has 0 aliphatic heterocycles. The number of nitro groups is 1. The molecule has 0 atom stereocenters. The second kappa shape index (κ2) is 7.82. The van der Waals surface area contributed by atoms with E-state index in [1.165, 1.54) is 35.6 Å². The topological polar surface area (TPSA) is 84.3 Å². The highest BCUT2D eigenvalue weighted by atomic mass is 35.5. The highest BCUT2D eigenvalue weighted by Gasteiger charge is 2.13. The number of nitrogens with zero attached hydrogens (tertiary/aromatic N) is 1. The lowest BCUT2D eigenvalue weighted by molar-refractivity contribution is -0.384. The van der Waals surface area contributed by atoms with Crippen LogP contribution >= 0.6 is 35.2 Å². The van der Waals surface area contributed by atoms with Crippen LogP contribution in [0.1, 0.15) is 4.88 Å². The van der Waals surface area contributed by atoms with Gasteiger partial charge in [-0.2, -0.15) is 0 Å². The van der Waals surface area contributed by atoms with E-state index in [1.54, 1.807) is 6.08 Å². The Morgan fingerprint density at radius 1 is 1.39 bits per heavy atom. The van der Waals surface area contributed by atoms with Crippen molar-refractivity contribution in [2.45, 2.75) is 0 Å². The molecule has 1 heterocycles. The number of halogens is 1. The standard InChI is InChI=1S/C14H10ClN3O3S2/c15-11-5-3-9(8-12(11)18(20)21)16-14(22)17-13(19)6-4-10-2-1-7-23-10/h1-8H,(H2,16,17,19,22)/b6-4+. The Kier molecular flexibility index (Phi) is 5.80. The monoisotopic (exact) mass is 367 g/mol. The number of carbonyl (C=O) groups is 1. The second-order valence-electron chi connectivity index (χ2n) is 4.22. The van der Waals surface area contributed by atoms with E-state index in [0.29, 0.717) is 5.69 Å². The highest BCUT2D eigenvalue weighted by Crippen LogP contribution is 2.27. The summed E-state index contributed by atoms with van der Waals surface area (Å²) in [6, 6.07) is 7.89. The molecule has 0 bridgehead atoms. The summed E-state index contributed by atoms with van der Waals surface area (Å²) in [5.74, 6) is -0.403. The molecule has 0 aliphatic rings. The number of nitrogens with one attached hydrogen (secondary N) is 2. The molecule has 0 radical (unpaired) electrons. The first kappa shape index (κ1) is 17.1. The summed E-state index contributed by atoms with van der Waals surface area (Å²) < 4.78 is 0. The number of amides is 1. The van der Waals surface area contributed by atoms with Crippen LogP contribution in [-0.4, -0.2) is 15.9 Å². The maximum Gasteiger partial charge on any atom is 0.289 e. The molecule has 1 aromatic heterocycles. The van der Waals surface area contributed by atoms with Crippen LogP contribution in [0.3, 0.4) is 0 Å². The lowest BCUT2D eigenvalue weighted by Crippen LogP contribution is -2.32. The van der Waals surface area contributed by atoms with Crippen molar-refractivity contribution in [1.29, 1.82) is 0 Å². The van der Waals surface area contributed by atoms with E-state index >= 15 is 0 Å². The zero-order valence-electron chi connectivity index (χ0n) is 11.5. The first-order valence-electron chi connectivity index (χ1n) is 6.23. The summed E-state index contributed by atoms with van der Waals surface area (Å²) in [6.45, 7) is 0. The number of hydrogen-bond acceptors (Lipinski definition) is 5. The summed E-state index contributed by atoms with van der Waals surface area (Å²) in [7, 11) is 0. The van der Waals surface area contributed by atoms with E-state index in [9.17, 15) is 14.9 Å². The van der Waals surface area contributed by atoms with E-state index in [0.717, 1.165) is 4.88 Å². The maximum atomic E-state index is 11.7. The zero-order valence-corrected chi connectivity index (χ0v) is 13.9. The third-order valence-corrected chi connectivity index (χ3v) is 3.94. The van der Waals surface area contributed by atoms with Crippen LogP contribution in [0.2, 0.25) is 5.02 Å². The lowest BCUT2D eigenvalue weighted by Gasteiger charge is -2.08. The minimum atomic E-state index is -0.598. The Bertz CT molecular complexity index is 776. The van der Waals surface area contributed by atoms with Gasteiger partial charge in [-0.15, -0.1) is 11.3 Å². The molecule has 0 unspecified atom stereocenters. The summed E-state index contributed by atoms with van der Waals surface area (Å²) >= 11 is 12.2. The predicted molar refractivity (Wildman–Crippen MR) is 95.8 cm³/mol. The molecule has 1 aromatic carbocycles. The van der Waals surface area contributed by atoms with Crippen molar-refractivity contribution in [2.24, 2.45) is 0 Å². The summed E-state index contributed by atoms with van der Waals surface area (Å²) in [6.07, 6.45) is 3.01. The molecule has 0 aliphatic carbocycles. The molecule has 2 N–H and O–H groups in total. The fourth-order valence-electron chi connectivity index (χ4n) is 1.59. The fourth-order valence-corrected chi connectivity index (χ4v) is 2.61. The molecule has 2 aromatic rings. The Morgan fingerprint density at radius 3 is 2.83 bits per heavy atom. The molecule has 1 amide bonds. The number of rotatable bonds is 4. The number of thiophene rings is 1. The van der Waals surface area contributed by atoms with Gasteiger partial charge in [0.1, 0.15) is 5.02 Å². The van der Waals surface area contributed by atoms with Crippen molar-refractivity contribution in [3.63, 3.8) is 0 Å². The molecule has 0 fully saturated rings. The first-order valence-corrected chi connectivity index (χ1v) is 7.90. The summed E-state index contributed by atoms with van der Waals surface area (Å²) in [5.41, 5.74) is 0.108. The summed E-state index contributed by atoms with van der Waals surface area (Å²) in [4.78, 5) is 22.9. The van der Waals surface area contributed by atoms with Crippen LogP contribution < -0.4 is 10.6 Å². The molecule has 6 nitrogen and oxygen atoms in total. The second-order valence-corrected chi connectivity index (χ2v) is 6.01. The fraction of sp³-hybridized carbons (Fsp3) is 0. The predicted octanol–water partition coefficient (Wildman–Crippen LogP) is 3.84. The lowest BCUT2D eigenvalue weighted by atomic mass is 10.3. The van der Waals surface area contributed by atoms with Crippen molar-refractivity contribution < 1.29 is 9.72 Å². The number of nitro benzene ring substituents is 1. The van der Waals surface area contributed by atoms with Gasteiger partial charge in [0.25, 0.3) is 5.69 Å². The van der Waals surface area contributed by atoms with Gasteiger partial charge < -0.3 is 5.32 Å². The van der Waals surface area contributed by atoms with Gasteiger partial charge in [-0.1, -0.05) is 17.7 Å². The molecule has 118 valence electrons. The van der Waals surface area contributed by atoms with Gasteiger partial charge in [-0.05, 0) is 41.9 Å². The van der Waals surface area contributed by atoms with Gasteiger partial charge in [-0.3, -0.25) is 20.2 Å². The highest BCUT2D eigenvalue weighted by molar-refractivity contribution is 7.80. The van der Waals surface area contributed by atoms with Crippen molar-refractivity contribution in [3.8, 4) is 0 Å². The van der Waals surface area contributed by atoms with Crippen LogP contribution in [0.4, 0.5) is 11.4 Å². The number of hydrogen-bond donors (Lipinski definition) is 2. The van der Waals surface area contributed by atoms with Crippen LogP contribution in [0.25, 0.3) is 6.08 Å². The van der Waals surface area contributed by atoms with Gasteiger partial charge in [-0.25, -0.2) is 0 Å². The van der Waals surface area contributed by atoms with E-state index in [-0.39, 0.29) is 15.8 Å². The van der Waals surface area contributed by atoms with Crippen LogP contribution in [0.15, 0.2) is 41.8 Å². The largest absolute Gasteiger partial charge is 0.332 e. The van der Waals surface area contributed by atoms with Crippen molar-refractivity contribution in [1.82, 2.24) is 5.32 Å². The smallest absolute Gasteiger partial charge is 0.289 e. The molecule has 0 saturated carbocycles. The van der Waals surface area contributed by atoms with E-state index in [1.807, 2.05) is 17.5 Å². The number of benzene rings is 1. The van der Waals surface area contributed by atoms with E-state index in [2.05, 4.69) is 10.6 Å². The normalized spacial score (nSPS) is 10.5. The Hall–Kier alpha value is -2.29. The van der Waals surface area contributed by atoms with Gasteiger partial charge >= 0.3 is 0 Å². The van der Waals surface area contributed by atoms with Crippen molar-refractivity contribution in [3.05, 3.63) is 61.8 Å². The Labute approximate surface area is 145 Å². The Morgan fingerprint density at radius 2 is 2.17 bits per heavy atom. The number of carbonyl (C=O) groups excluding carboxylic acids is 1. The number of thiocarbonyl (C=S) groups is 1. The average molecular weight is 368 g/mol. The zero-order chi connectivity index (χ0) is 16.8. The van der Waals surface area contributed by atoms with Crippen LogP contribution in [0, 0.1) is 10.1 Å². The quantitative estimate of drug-likeness (QED) is 0.371. The summed E-state index contributed by atoms with van der Waals surface area (Å²) in [5, 5.41) is 17.9. The number of anilines is 1. The van der Waals surface area contributed by atoms with E-state index in [4.69, 9.17) is 23.8 Å². The maximum absolute atomic E-state index is 11.7. The van der Waals surface area contributed by atoms with Crippen molar-refractivity contribution in [2.75, 3.05) is 5.32 Å². The first-order chi connectivity index (χ1) is 11.0. The molecule has 2 rings (SSSR count). The molecule has 9 heteroatoms. The van der Waals surface area contributed by atoms with Gasteiger partial charge in [0, 0.05) is 22.7 Å². The average Bonchev–Trinajstić information content (AvgIpc) is 3.00. The minimum Gasteiger partial charge on any atom is -0.332 e. The molecule has 0 saturated heterocycles. The SMILES string of the molecule is O=C(/C=C/c1cccs1)NC(=S)Nc1ccc(Cl)c([N+](=O)[O-])c1. The van der Waals surface area contributed by atoms with Crippen molar-refractivity contribution >= 4 is 63.6 Å². The van der Waals surface area contributed by atoms with Gasteiger partial charge in [0.05, 0.1) is 4.92 Å². The molecule has 0 spiro atoms. The minimum absolute atomic E-state index is 0.0226. The third kappa shape index (κ3) is 5.13. The molecule has 23 heavy (non-hydrogen) atoms. The van der Waals surface area contributed by atoms with Gasteiger partial charge in [0.15, 0.2) is 5.11 Å². The molecular formula is C14H10ClN3O3S2. The molecular weight excluding hydrogens is 358 g/mol.